The van der Waals surface area contributed by atoms with Crippen LogP contribution < -0.4 is 19.6 Å². The van der Waals surface area contributed by atoms with Gasteiger partial charge in [0.2, 0.25) is 0 Å². The van der Waals surface area contributed by atoms with Crippen molar-refractivity contribution in [2.45, 2.75) is 6.92 Å². The first-order valence-electron chi connectivity index (χ1n) is 10.4. The molecule has 1 heterocycles. The first-order chi connectivity index (χ1) is 16.2. The molecule has 4 aromatic rings. The van der Waals surface area contributed by atoms with Crippen molar-refractivity contribution in [1.82, 2.24) is 10.4 Å². The Balaban J connectivity index is 1.63. The predicted octanol–water partition coefficient (Wildman–Crippen LogP) is 5.41. The second-order valence-electron chi connectivity index (χ2n) is 6.86. The number of hydrogen-bond donors (Lipinski definition) is 1. The highest BCUT2D eigenvalue weighted by Gasteiger charge is 2.11. The van der Waals surface area contributed by atoms with E-state index in [-0.39, 0.29) is 0 Å². The van der Waals surface area contributed by atoms with Gasteiger partial charge in [0.05, 0.1) is 42.9 Å². The molecule has 0 spiro atoms. The Kier molecular flexibility index (Phi) is 7.16. The van der Waals surface area contributed by atoms with Gasteiger partial charge in [-0.1, -0.05) is 12.1 Å². The molecular formula is C25H24N4O3S. The summed E-state index contributed by atoms with van der Waals surface area (Å²) in [6, 6.07) is 21.2. The number of para-hydroxylation sites is 1. The number of benzene rings is 3. The molecule has 1 N–H and O–H groups in total. The average molecular weight is 461 g/mol. The molecule has 0 unspecified atom stereocenters. The zero-order valence-electron chi connectivity index (χ0n) is 18.6. The summed E-state index contributed by atoms with van der Waals surface area (Å²) in [4.78, 5) is 9.48. The molecule has 8 heteroatoms. The van der Waals surface area contributed by atoms with E-state index in [0.29, 0.717) is 23.9 Å². The van der Waals surface area contributed by atoms with Crippen LogP contribution in [-0.2, 0) is 0 Å². The first-order valence-corrected chi connectivity index (χ1v) is 11.2. The number of rotatable bonds is 8. The molecular weight excluding hydrogens is 436 g/mol. The van der Waals surface area contributed by atoms with Gasteiger partial charge in [0.15, 0.2) is 22.3 Å². The van der Waals surface area contributed by atoms with Gasteiger partial charge in [-0.2, -0.15) is 5.10 Å². The number of nitrogens with one attached hydrogen (secondary N) is 1. The Bertz CT molecular complexity index is 1250. The van der Waals surface area contributed by atoms with Crippen molar-refractivity contribution in [2.24, 2.45) is 10.1 Å². The van der Waals surface area contributed by atoms with E-state index in [4.69, 9.17) is 24.2 Å². The number of methoxy groups -OCH3 is 2. The van der Waals surface area contributed by atoms with Gasteiger partial charge in [-0.15, -0.1) is 11.3 Å². The summed E-state index contributed by atoms with van der Waals surface area (Å²) < 4.78 is 17.3. The molecule has 0 amide bonds. The van der Waals surface area contributed by atoms with Crippen molar-refractivity contribution in [3.63, 3.8) is 0 Å². The highest BCUT2D eigenvalue weighted by Crippen LogP contribution is 2.27. The number of ether oxygens (including phenoxy) is 3. The van der Waals surface area contributed by atoms with E-state index in [1.54, 1.807) is 31.8 Å². The van der Waals surface area contributed by atoms with Crippen LogP contribution in [0, 0.1) is 0 Å². The molecule has 7 nitrogen and oxygen atoms in total. The normalized spacial score (nSPS) is 11.7. The third-order valence-corrected chi connectivity index (χ3v) is 5.72. The summed E-state index contributed by atoms with van der Waals surface area (Å²) in [5.41, 5.74) is 5.60. The Labute approximate surface area is 196 Å². The maximum absolute atomic E-state index is 5.52. The summed E-state index contributed by atoms with van der Waals surface area (Å²) in [5, 5.41) is 5.15. The lowest BCUT2D eigenvalue weighted by molar-refractivity contribution is 0.340. The summed E-state index contributed by atoms with van der Waals surface area (Å²) in [5.74, 6) is 2.65. The Hall–Kier alpha value is -3.91. The lowest BCUT2D eigenvalue weighted by Crippen LogP contribution is -2.18. The smallest absolute Gasteiger partial charge is 0.183 e. The van der Waals surface area contributed by atoms with Crippen LogP contribution in [-0.4, -0.2) is 37.9 Å². The topological polar surface area (TPSA) is 77.3 Å². The summed E-state index contributed by atoms with van der Waals surface area (Å²) in [6.45, 7) is 2.57. The Morgan fingerprint density at radius 3 is 2.52 bits per heavy atom. The van der Waals surface area contributed by atoms with Gasteiger partial charge in [0.25, 0.3) is 0 Å². The van der Waals surface area contributed by atoms with Gasteiger partial charge in [0.1, 0.15) is 5.75 Å². The van der Waals surface area contributed by atoms with E-state index >= 15 is 0 Å². The molecule has 0 radical (unpaired) electrons. The fourth-order valence-electron chi connectivity index (χ4n) is 3.11. The highest BCUT2D eigenvalue weighted by atomic mass is 32.1. The molecule has 0 saturated carbocycles. The van der Waals surface area contributed by atoms with E-state index in [1.165, 1.54) is 0 Å². The Morgan fingerprint density at radius 2 is 1.79 bits per heavy atom. The summed E-state index contributed by atoms with van der Waals surface area (Å²) in [7, 11) is 3.21. The molecule has 0 fully saturated rings. The minimum atomic E-state index is 0.553. The van der Waals surface area contributed by atoms with Crippen molar-refractivity contribution >= 4 is 39.3 Å². The van der Waals surface area contributed by atoms with Crippen molar-refractivity contribution in [3.8, 4) is 17.2 Å². The molecule has 1 aromatic heterocycles. The number of thiazole rings is 1. The van der Waals surface area contributed by atoms with E-state index < -0.39 is 0 Å². The van der Waals surface area contributed by atoms with Crippen LogP contribution >= 0.6 is 11.3 Å². The molecule has 0 saturated heterocycles. The number of aliphatic imine (C=N–C) groups is 1. The van der Waals surface area contributed by atoms with Gasteiger partial charge in [-0.3, -0.25) is 5.43 Å². The van der Waals surface area contributed by atoms with Gasteiger partial charge in [0, 0.05) is 0 Å². The fraction of sp³-hybridized carbons (Fsp3) is 0.160. The number of aromatic nitrogens is 1. The van der Waals surface area contributed by atoms with Gasteiger partial charge < -0.3 is 14.2 Å². The van der Waals surface area contributed by atoms with Crippen LogP contribution in [0.5, 0.6) is 17.2 Å². The third kappa shape index (κ3) is 5.48. The average Bonchev–Trinajstić information content (AvgIpc) is 3.29. The maximum atomic E-state index is 5.52. The minimum Gasteiger partial charge on any atom is -0.494 e. The van der Waals surface area contributed by atoms with Gasteiger partial charge in [-0.25, -0.2) is 9.98 Å². The fourth-order valence-corrected chi connectivity index (χ4v) is 4.01. The lowest BCUT2D eigenvalue weighted by Gasteiger charge is -2.07. The van der Waals surface area contributed by atoms with Gasteiger partial charge >= 0.3 is 0 Å². The quantitative estimate of drug-likeness (QED) is 0.216. The maximum Gasteiger partial charge on any atom is 0.183 e. The van der Waals surface area contributed by atoms with Crippen LogP contribution in [0.3, 0.4) is 0 Å². The standard InChI is InChI=1S/C25H24N4O3S/c1-4-32-19-12-10-18(11-13-19)27-24(25-28-20-7-5-6-8-23(20)33-25)29-26-16-17-9-14-21(30-2)22(15-17)31-3/h5-16H,4H2,1-3H3,(H,27,29). The van der Waals surface area contributed by atoms with Crippen molar-refractivity contribution < 1.29 is 14.2 Å². The predicted molar refractivity (Wildman–Crippen MR) is 134 cm³/mol. The van der Waals surface area contributed by atoms with E-state index in [0.717, 1.165) is 32.2 Å². The molecule has 3 aromatic carbocycles. The van der Waals surface area contributed by atoms with Crippen LogP contribution in [0.1, 0.15) is 17.5 Å². The highest BCUT2D eigenvalue weighted by molar-refractivity contribution is 7.20. The van der Waals surface area contributed by atoms with E-state index in [1.807, 2.05) is 73.7 Å². The number of amidine groups is 1. The van der Waals surface area contributed by atoms with Crippen LogP contribution in [0.4, 0.5) is 5.69 Å². The minimum absolute atomic E-state index is 0.553. The molecule has 0 aliphatic heterocycles. The molecule has 0 bridgehead atoms. The monoisotopic (exact) mass is 460 g/mol. The molecule has 0 aliphatic rings. The number of nitrogens with zero attached hydrogens (tertiary/aromatic N) is 3. The van der Waals surface area contributed by atoms with Crippen molar-refractivity contribution in [2.75, 3.05) is 20.8 Å². The van der Waals surface area contributed by atoms with Crippen LogP contribution in [0.2, 0.25) is 0 Å². The molecule has 0 aliphatic carbocycles. The largest absolute Gasteiger partial charge is 0.494 e. The van der Waals surface area contributed by atoms with Crippen molar-refractivity contribution in [1.29, 1.82) is 0 Å². The van der Waals surface area contributed by atoms with Crippen molar-refractivity contribution in [3.05, 3.63) is 77.3 Å². The molecule has 0 atom stereocenters. The number of hydrazone groups is 1. The molecule has 4 rings (SSSR count). The van der Waals surface area contributed by atoms with E-state index in [9.17, 15) is 0 Å². The molecule has 33 heavy (non-hydrogen) atoms. The van der Waals surface area contributed by atoms with Crippen LogP contribution in [0.15, 0.2) is 76.8 Å². The lowest BCUT2D eigenvalue weighted by atomic mass is 10.2. The number of hydrogen-bond acceptors (Lipinski definition) is 7. The zero-order valence-corrected chi connectivity index (χ0v) is 19.4. The van der Waals surface area contributed by atoms with Gasteiger partial charge in [-0.05, 0) is 67.1 Å². The summed E-state index contributed by atoms with van der Waals surface area (Å²) >= 11 is 1.55. The number of fused-ring (bicyclic) bond motifs is 1. The second-order valence-corrected chi connectivity index (χ2v) is 7.89. The first kappa shape index (κ1) is 22.3. The van der Waals surface area contributed by atoms with E-state index in [2.05, 4.69) is 10.5 Å². The van der Waals surface area contributed by atoms with Crippen LogP contribution in [0.25, 0.3) is 10.2 Å². The second kappa shape index (κ2) is 10.6. The zero-order chi connectivity index (χ0) is 23.0. The molecule has 168 valence electrons. The summed E-state index contributed by atoms with van der Waals surface area (Å²) in [6.07, 6.45) is 1.70. The Morgan fingerprint density at radius 1 is 1.00 bits per heavy atom. The third-order valence-electron chi connectivity index (χ3n) is 4.68. The SMILES string of the molecule is CCOc1ccc(N=C(NN=Cc2ccc(OC)c(OC)c2)c2nc3ccccc3s2)cc1.